The molecule has 0 saturated heterocycles. The summed E-state index contributed by atoms with van der Waals surface area (Å²) in [4.78, 5) is 0. The summed E-state index contributed by atoms with van der Waals surface area (Å²) in [7, 11) is 0. The van der Waals surface area contributed by atoms with Crippen molar-refractivity contribution in [2.45, 2.75) is 26.2 Å². The average molecular weight is 207 g/mol. The summed E-state index contributed by atoms with van der Waals surface area (Å²) in [6, 6.07) is 5.65. The normalized spacial score (nSPS) is 24.2. The van der Waals surface area contributed by atoms with Gasteiger partial charge in [-0.05, 0) is 55.5 Å². The van der Waals surface area contributed by atoms with Crippen LogP contribution < -0.4 is 5.32 Å². The highest BCUT2D eigenvalue weighted by atomic mass is 19.1. The number of benzene rings is 1. The van der Waals surface area contributed by atoms with E-state index in [0.29, 0.717) is 11.8 Å². The summed E-state index contributed by atoms with van der Waals surface area (Å²) in [6.45, 7) is 6.01. The van der Waals surface area contributed by atoms with Crippen molar-refractivity contribution in [1.29, 1.82) is 0 Å². The maximum Gasteiger partial charge on any atom is 0.126 e. The molecule has 0 amide bonds. The summed E-state index contributed by atoms with van der Waals surface area (Å²) in [5.41, 5.74) is 1.91. The van der Waals surface area contributed by atoms with E-state index in [0.717, 1.165) is 18.7 Å². The minimum Gasteiger partial charge on any atom is -0.317 e. The van der Waals surface area contributed by atoms with Gasteiger partial charge < -0.3 is 5.32 Å². The van der Waals surface area contributed by atoms with Crippen molar-refractivity contribution in [2.75, 3.05) is 13.1 Å². The Kier molecular flexibility index (Phi) is 3.06. The number of hydrogen-bond acceptors (Lipinski definition) is 1. The molecule has 0 bridgehead atoms. The third-order valence-corrected chi connectivity index (χ3v) is 3.20. The van der Waals surface area contributed by atoms with Gasteiger partial charge in [0.1, 0.15) is 5.82 Å². The quantitative estimate of drug-likeness (QED) is 0.800. The van der Waals surface area contributed by atoms with Gasteiger partial charge in [-0.1, -0.05) is 19.1 Å². The van der Waals surface area contributed by atoms with Gasteiger partial charge in [0, 0.05) is 0 Å². The van der Waals surface area contributed by atoms with Crippen LogP contribution in [0.5, 0.6) is 0 Å². The summed E-state index contributed by atoms with van der Waals surface area (Å²) in [5.74, 6) is 1.23. The van der Waals surface area contributed by atoms with Crippen LogP contribution in [0.4, 0.5) is 4.39 Å². The molecule has 2 rings (SSSR count). The van der Waals surface area contributed by atoms with E-state index >= 15 is 0 Å². The van der Waals surface area contributed by atoms with Crippen molar-refractivity contribution >= 4 is 0 Å². The highest BCUT2D eigenvalue weighted by Crippen LogP contribution is 2.47. The van der Waals surface area contributed by atoms with Crippen LogP contribution in [0, 0.1) is 18.7 Å². The molecule has 1 fully saturated rings. The van der Waals surface area contributed by atoms with Crippen molar-refractivity contribution in [2.24, 2.45) is 5.92 Å². The Labute approximate surface area is 90.7 Å². The molecule has 1 aromatic rings. The van der Waals surface area contributed by atoms with Crippen LogP contribution in [0.2, 0.25) is 0 Å². The molecule has 1 aliphatic rings. The molecule has 1 nitrogen and oxygen atoms in total. The third kappa shape index (κ3) is 2.37. The fraction of sp³-hybridized carbons (Fsp3) is 0.538. The Morgan fingerprint density at radius 2 is 2.27 bits per heavy atom. The Balaban J connectivity index is 1.98. The van der Waals surface area contributed by atoms with Crippen molar-refractivity contribution in [3.05, 3.63) is 35.1 Å². The van der Waals surface area contributed by atoms with Gasteiger partial charge >= 0.3 is 0 Å². The van der Waals surface area contributed by atoms with Crippen LogP contribution >= 0.6 is 0 Å². The Hall–Kier alpha value is -0.890. The Morgan fingerprint density at radius 3 is 2.93 bits per heavy atom. The van der Waals surface area contributed by atoms with E-state index in [1.807, 2.05) is 13.0 Å². The van der Waals surface area contributed by atoms with Crippen molar-refractivity contribution < 1.29 is 4.39 Å². The zero-order chi connectivity index (χ0) is 10.8. The molecule has 15 heavy (non-hydrogen) atoms. The minimum atomic E-state index is -0.0680. The zero-order valence-electron chi connectivity index (χ0n) is 9.39. The van der Waals surface area contributed by atoms with Gasteiger partial charge in [0.05, 0.1) is 0 Å². The van der Waals surface area contributed by atoms with Crippen LogP contribution in [-0.4, -0.2) is 13.1 Å². The van der Waals surface area contributed by atoms with Gasteiger partial charge in [0.15, 0.2) is 0 Å². The lowest BCUT2D eigenvalue weighted by Crippen LogP contribution is -2.16. The zero-order valence-corrected chi connectivity index (χ0v) is 9.39. The molecule has 2 heteroatoms. The van der Waals surface area contributed by atoms with Crippen LogP contribution in [-0.2, 0) is 0 Å². The van der Waals surface area contributed by atoms with Crippen molar-refractivity contribution in [1.82, 2.24) is 5.32 Å². The topological polar surface area (TPSA) is 12.0 Å². The Morgan fingerprint density at radius 1 is 1.47 bits per heavy atom. The number of halogens is 1. The maximum atomic E-state index is 13.3. The van der Waals surface area contributed by atoms with E-state index in [2.05, 4.69) is 18.3 Å². The smallest absolute Gasteiger partial charge is 0.126 e. The highest BCUT2D eigenvalue weighted by molar-refractivity contribution is 5.30. The molecule has 0 spiro atoms. The number of hydrogen-bond donors (Lipinski definition) is 1. The molecular weight excluding hydrogens is 189 g/mol. The molecule has 82 valence electrons. The SMILES string of the molecule is CCNCC1CC1c1ccc(C)c(F)c1. The minimum absolute atomic E-state index is 0.0680. The fourth-order valence-corrected chi connectivity index (χ4v) is 2.05. The maximum absolute atomic E-state index is 13.3. The molecule has 0 aromatic heterocycles. The van der Waals surface area contributed by atoms with Crippen molar-refractivity contribution in [3.63, 3.8) is 0 Å². The monoisotopic (exact) mass is 207 g/mol. The number of rotatable bonds is 4. The van der Waals surface area contributed by atoms with Crippen LogP contribution in [0.15, 0.2) is 18.2 Å². The highest BCUT2D eigenvalue weighted by Gasteiger charge is 2.37. The van der Waals surface area contributed by atoms with Gasteiger partial charge in [-0.15, -0.1) is 0 Å². The van der Waals surface area contributed by atoms with E-state index in [4.69, 9.17) is 0 Å². The summed E-state index contributed by atoms with van der Waals surface area (Å²) in [6.07, 6.45) is 1.20. The van der Waals surface area contributed by atoms with Crippen LogP contribution in [0.1, 0.15) is 30.4 Å². The molecule has 0 heterocycles. The molecule has 2 unspecified atom stereocenters. The van der Waals surface area contributed by atoms with Gasteiger partial charge in [0.2, 0.25) is 0 Å². The molecule has 0 aliphatic heterocycles. The van der Waals surface area contributed by atoms with Gasteiger partial charge in [-0.25, -0.2) is 4.39 Å². The van der Waals surface area contributed by atoms with E-state index in [-0.39, 0.29) is 5.82 Å². The third-order valence-electron chi connectivity index (χ3n) is 3.20. The van der Waals surface area contributed by atoms with E-state index < -0.39 is 0 Å². The predicted molar refractivity (Wildman–Crippen MR) is 60.5 cm³/mol. The fourth-order valence-electron chi connectivity index (χ4n) is 2.05. The van der Waals surface area contributed by atoms with E-state index in [1.54, 1.807) is 6.07 Å². The van der Waals surface area contributed by atoms with E-state index in [9.17, 15) is 4.39 Å². The first-order chi connectivity index (χ1) is 7.22. The first kappa shape index (κ1) is 10.6. The lowest BCUT2D eigenvalue weighted by atomic mass is 10.1. The number of aryl methyl sites for hydroxylation is 1. The second-order valence-corrected chi connectivity index (χ2v) is 4.42. The standard InChI is InChI=1S/C13H18FN/c1-3-15-8-11-6-12(11)10-5-4-9(2)13(14)7-10/h4-5,7,11-12,15H,3,6,8H2,1-2H3. The molecule has 1 aromatic carbocycles. The first-order valence-corrected chi connectivity index (χ1v) is 5.69. The number of nitrogens with one attached hydrogen (secondary N) is 1. The van der Waals surface area contributed by atoms with Crippen LogP contribution in [0.3, 0.4) is 0 Å². The van der Waals surface area contributed by atoms with Crippen molar-refractivity contribution in [3.8, 4) is 0 Å². The molecule has 2 atom stereocenters. The molecule has 1 aliphatic carbocycles. The molecular formula is C13H18FN. The predicted octanol–water partition coefficient (Wildman–Crippen LogP) is 2.85. The Bertz CT molecular complexity index is 348. The van der Waals surface area contributed by atoms with Crippen LogP contribution in [0.25, 0.3) is 0 Å². The first-order valence-electron chi connectivity index (χ1n) is 5.69. The van der Waals surface area contributed by atoms with Gasteiger partial charge in [-0.2, -0.15) is 0 Å². The van der Waals surface area contributed by atoms with Gasteiger partial charge in [0.25, 0.3) is 0 Å². The molecule has 1 saturated carbocycles. The molecule has 1 N–H and O–H groups in total. The average Bonchev–Trinajstić information content (AvgIpc) is 2.98. The summed E-state index contributed by atoms with van der Waals surface area (Å²) < 4.78 is 13.3. The van der Waals surface area contributed by atoms with Gasteiger partial charge in [-0.3, -0.25) is 0 Å². The largest absolute Gasteiger partial charge is 0.317 e. The molecule has 0 radical (unpaired) electrons. The second-order valence-electron chi connectivity index (χ2n) is 4.42. The van der Waals surface area contributed by atoms with E-state index in [1.165, 1.54) is 12.0 Å². The summed E-state index contributed by atoms with van der Waals surface area (Å²) in [5, 5.41) is 3.34. The summed E-state index contributed by atoms with van der Waals surface area (Å²) >= 11 is 0. The lowest BCUT2D eigenvalue weighted by Gasteiger charge is -2.03. The lowest BCUT2D eigenvalue weighted by molar-refractivity contribution is 0.613. The second kappa shape index (κ2) is 4.31.